The standard InChI is InChI=1S/C12H16N2O2/c1-9(2)8-13-14-12(15)10-5-4-6-11(7-10)16-3/h4-9H,1-3H3,(H,14,15). The first kappa shape index (κ1) is 12.2. The van der Waals surface area contributed by atoms with E-state index in [2.05, 4.69) is 10.5 Å². The summed E-state index contributed by atoms with van der Waals surface area (Å²) in [5.74, 6) is 0.724. The molecule has 16 heavy (non-hydrogen) atoms. The van der Waals surface area contributed by atoms with Crippen molar-refractivity contribution in [3.63, 3.8) is 0 Å². The molecule has 0 radical (unpaired) electrons. The van der Waals surface area contributed by atoms with Crippen LogP contribution in [0.5, 0.6) is 5.75 Å². The molecule has 0 aromatic heterocycles. The Kier molecular flexibility index (Phi) is 4.51. The van der Waals surface area contributed by atoms with Gasteiger partial charge >= 0.3 is 0 Å². The minimum atomic E-state index is -0.240. The van der Waals surface area contributed by atoms with E-state index in [1.807, 2.05) is 13.8 Å². The van der Waals surface area contributed by atoms with Gasteiger partial charge in [-0.05, 0) is 24.1 Å². The van der Waals surface area contributed by atoms with E-state index in [1.165, 1.54) is 0 Å². The quantitative estimate of drug-likeness (QED) is 0.623. The Morgan fingerprint density at radius 3 is 2.88 bits per heavy atom. The van der Waals surface area contributed by atoms with E-state index in [-0.39, 0.29) is 5.91 Å². The molecule has 0 fully saturated rings. The van der Waals surface area contributed by atoms with E-state index in [9.17, 15) is 4.79 Å². The second-order valence-electron chi connectivity index (χ2n) is 3.70. The normalized spacial score (nSPS) is 10.8. The topological polar surface area (TPSA) is 50.7 Å². The van der Waals surface area contributed by atoms with Crippen molar-refractivity contribution in [3.8, 4) is 5.75 Å². The molecule has 1 N–H and O–H groups in total. The van der Waals surface area contributed by atoms with E-state index >= 15 is 0 Å². The number of nitrogens with zero attached hydrogens (tertiary/aromatic N) is 1. The summed E-state index contributed by atoms with van der Waals surface area (Å²) in [5, 5.41) is 3.84. The number of benzene rings is 1. The maximum absolute atomic E-state index is 11.6. The maximum Gasteiger partial charge on any atom is 0.271 e. The zero-order valence-corrected chi connectivity index (χ0v) is 9.73. The number of carbonyl (C=O) groups is 1. The molecule has 0 atom stereocenters. The lowest BCUT2D eigenvalue weighted by Gasteiger charge is -2.03. The maximum atomic E-state index is 11.6. The molecule has 4 nitrogen and oxygen atoms in total. The molecular weight excluding hydrogens is 204 g/mol. The zero-order chi connectivity index (χ0) is 12.0. The Balaban J connectivity index is 2.65. The number of rotatable bonds is 4. The first-order valence-corrected chi connectivity index (χ1v) is 5.11. The first-order valence-electron chi connectivity index (χ1n) is 5.11. The summed E-state index contributed by atoms with van der Waals surface area (Å²) in [5.41, 5.74) is 2.98. The van der Waals surface area contributed by atoms with Gasteiger partial charge in [-0.25, -0.2) is 5.43 Å². The van der Waals surface area contributed by atoms with Crippen LogP contribution in [-0.4, -0.2) is 19.2 Å². The molecule has 0 saturated carbocycles. The number of carbonyl (C=O) groups excluding carboxylic acids is 1. The summed E-state index contributed by atoms with van der Waals surface area (Å²) >= 11 is 0. The van der Waals surface area contributed by atoms with Gasteiger partial charge in [0.1, 0.15) is 5.75 Å². The molecular formula is C12H16N2O2. The Labute approximate surface area is 95.3 Å². The van der Waals surface area contributed by atoms with Crippen LogP contribution in [0.4, 0.5) is 0 Å². The second-order valence-corrected chi connectivity index (χ2v) is 3.70. The van der Waals surface area contributed by atoms with Gasteiger partial charge in [0.15, 0.2) is 0 Å². The number of amides is 1. The minimum Gasteiger partial charge on any atom is -0.497 e. The summed E-state index contributed by atoms with van der Waals surface area (Å²) < 4.78 is 5.03. The molecule has 0 spiro atoms. The Morgan fingerprint density at radius 1 is 1.50 bits per heavy atom. The molecule has 0 saturated heterocycles. The van der Waals surface area contributed by atoms with Crippen LogP contribution in [0.25, 0.3) is 0 Å². The predicted octanol–water partition coefficient (Wildman–Crippen LogP) is 2.07. The highest BCUT2D eigenvalue weighted by molar-refractivity contribution is 5.94. The van der Waals surface area contributed by atoms with Crippen LogP contribution in [0.2, 0.25) is 0 Å². The van der Waals surface area contributed by atoms with Gasteiger partial charge in [-0.15, -0.1) is 0 Å². The van der Waals surface area contributed by atoms with Gasteiger partial charge in [-0.1, -0.05) is 19.9 Å². The molecule has 86 valence electrons. The van der Waals surface area contributed by atoms with Crippen molar-refractivity contribution >= 4 is 12.1 Å². The van der Waals surface area contributed by atoms with Crippen LogP contribution >= 0.6 is 0 Å². The van der Waals surface area contributed by atoms with Crippen molar-refractivity contribution in [1.29, 1.82) is 0 Å². The van der Waals surface area contributed by atoms with E-state index < -0.39 is 0 Å². The van der Waals surface area contributed by atoms with Crippen molar-refractivity contribution < 1.29 is 9.53 Å². The highest BCUT2D eigenvalue weighted by atomic mass is 16.5. The zero-order valence-electron chi connectivity index (χ0n) is 9.73. The predicted molar refractivity (Wildman–Crippen MR) is 63.8 cm³/mol. The lowest BCUT2D eigenvalue weighted by molar-refractivity contribution is 0.0954. The monoisotopic (exact) mass is 220 g/mol. The summed E-state index contributed by atoms with van der Waals surface area (Å²) in [6.07, 6.45) is 1.68. The molecule has 0 unspecified atom stereocenters. The van der Waals surface area contributed by atoms with Crippen LogP contribution in [0.1, 0.15) is 24.2 Å². The fourth-order valence-electron chi connectivity index (χ4n) is 1.07. The lowest BCUT2D eigenvalue weighted by Crippen LogP contribution is -2.17. The van der Waals surface area contributed by atoms with Gasteiger partial charge in [0.25, 0.3) is 5.91 Å². The Morgan fingerprint density at radius 2 is 2.25 bits per heavy atom. The molecule has 0 aliphatic rings. The largest absolute Gasteiger partial charge is 0.497 e. The Bertz CT molecular complexity index is 386. The van der Waals surface area contributed by atoms with E-state index in [1.54, 1.807) is 37.6 Å². The number of hydrogen-bond acceptors (Lipinski definition) is 3. The molecule has 0 heterocycles. The van der Waals surface area contributed by atoms with Crippen LogP contribution in [-0.2, 0) is 0 Å². The summed E-state index contributed by atoms with van der Waals surface area (Å²) in [6.45, 7) is 3.97. The van der Waals surface area contributed by atoms with Crippen molar-refractivity contribution in [2.24, 2.45) is 11.0 Å². The van der Waals surface area contributed by atoms with Crippen LogP contribution < -0.4 is 10.2 Å². The third-order valence-electron chi connectivity index (χ3n) is 1.87. The van der Waals surface area contributed by atoms with Gasteiger partial charge in [-0.2, -0.15) is 5.10 Å². The fourth-order valence-corrected chi connectivity index (χ4v) is 1.07. The molecule has 0 aliphatic heterocycles. The highest BCUT2D eigenvalue weighted by Gasteiger charge is 2.04. The van der Waals surface area contributed by atoms with Crippen LogP contribution in [0.15, 0.2) is 29.4 Å². The molecule has 1 rings (SSSR count). The number of nitrogens with one attached hydrogen (secondary N) is 1. The molecule has 4 heteroatoms. The molecule has 0 aliphatic carbocycles. The van der Waals surface area contributed by atoms with E-state index in [4.69, 9.17) is 4.74 Å². The van der Waals surface area contributed by atoms with Crippen molar-refractivity contribution in [2.75, 3.05) is 7.11 Å². The number of hydrazone groups is 1. The van der Waals surface area contributed by atoms with Gasteiger partial charge in [0.05, 0.1) is 7.11 Å². The molecule has 1 aromatic carbocycles. The van der Waals surface area contributed by atoms with Crippen molar-refractivity contribution in [2.45, 2.75) is 13.8 Å². The third-order valence-corrected chi connectivity index (χ3v) is 1.87. The summed E-state index contributed by atoms with van der Waals surface area (Å²) in [6, 6.07) is 6.93. The van der Waals surface area contributed by atoms with Gasteiger partial charge in [0.2, 0.25) is 0 Å². The van der Waals surface area contributed by atoms with Crippen LogP contribution in [0, 0.1) is 5.92 Å². The van der Waals surface area contributed by atoms with E-state index in [0.29, 0.717) is 17.2 Å². The summed E-state index contributed by atoms with van der Waals surface area (Å²) in [4.78, 5) is 11.6. The van der Waals surface area contributed by atoms with E-state index in [0.717, 1.165) is 0 Å². The SMILES string of the molecule is COc1cccc(C(=O)NN=CC(C)C)c1. The minimum absolute atomic E-state index is 0.240. The van der Waals surface area contributed by atoms with Gasteiger partial charge in [0, 0.05) is 11.8 Å². The fraction of sp³-hybridized carbons (Fsp3) is 0.333. The molecule has 1 amide bonds. The average Bonchev–Trinajstić information content (AvgIpc) is 2.28. The Hall–Kier alpha value is -1.84. The van der Waals surface area contributed by atoms with Gasteiger partial charge in [-0.3, -0.25) is 4.79 Å². The number of ether oxygens (including phenoxy) is 1. The number of methoxy groups -OCH3 is 1. The number of hydrogen-bond donors (Lipinski definition) is 1. The van der Waals surface area contributed by atoms with Gasteiger partial charge < -0.3 is 4.74 Å². The van der Waals surface area contributed by atoms with Crippen molar-refractivity contribution in [3.05, 3.63) is 29.8 Å². The highest BCUT2D eigenvalue weighted by Crippen LogP contribution is 2.12. The summed E-state index contributed by atoms with van der Waals surface area (Å²) in [7, 11) is 1.56. The molecule has 1 aromatic rings. The second kappa shape index (κ2) is 5.90. The lowest BCUT2D eigenvalue weighted by atomic mass is 10.2. The molecule has 0 bridgehead atoms. The third kappa shape index (κ3) is 3.73. The smallest absolute Gasteiger partial charge is 0.271 e. The average molecular weight is 220 g/mol. The van der Waals surface area contributed by atoms with Crippen molar-refractivity contribution in [1.82, 2.24) is 5.43 Å². The first-order chi connectivity index (χ1) is 7.63. The van der Waals surface area contributed by atoms with Crippen LogP contribution in [0.3, 0.4) is 0 Å².